The summed E-state index contributed by atoms with van der Waals surface area (Å²) in [7, 11) is 0. The van der Waals surface area contributed by atoms with Crippen molar-refractivity contribution in [3.63, 3.8) is 0 Å². The molecule has 0 fully saturated rings. The number of anilines is 1. The van der Waals surface area contributed by atoms with E-state index in [-0.39, 0.29) is 5.91 Å². The van der Waals surface area contributed by atoms with Gasteiger partial charge in [-0.05, 0) is 48.5 Å². The molecule has 3 heterocycles. The number of carbonyl (C=O) groups excluding carboxylic acids is 1. The predicted molar refractivity (Wildman–Crippen MR) is 105 cm³/mol. The molecule has 126 valence electrons. The van der Waals surface area contributed by atoms with Gasteiger partial charge < -0.3 is 9.88 Å². The van der Waals surface area contributed by atoms with E-state index < -0.39 is 0 Å². The van der Waals surface area contributed by atoms with Gasteiger partial charge in [0.2, 0.25) is 0 Å². The normalized spacial score (nSPS) is 11.1. The maximum Gasteiger partial charge on any atom is 0.272 e. The van der Waals surface area contributed by atoms with E-state index >= 15 is 0 Å². The number of thiophene rings is 1. The van der Waals surface area contributed by atoms with Gasteiger partial charge in [-0.25, -0.2) is 0 Å². The summed E-state index contributed by atoms with van der Waals surface area (Å²) in [6, 6.07) is 14.3. The van der Waals surface area contributed by atoms with Crippen LogP contribution in [0.15, 0.2) is 47.8 Å². The first kappa shape index (κ1) is 16.1. The number of benzene rings is 1. The average Bonchev–Trinajstić information content (AvgIpc) is 3.28. The summed E-state index contributed by atoms with van der Waals surface area (Å²) < 4.78 is 7.52. The van der Waals surface area contributed by atoms with Gasteiger partial charge in [-0.2, -0.15) is 4.37 Å². The van der Waals surface area contributed by atoms with E-state index in [1.54, 1.807) is 11.3 Å². The van der Waals surface area contributed by atoms with E-state index in [1.807, 2.05) is 38.1 Å². The molecule has 4 rings (SSSR count). The quantitative estimate of drug-likeness (QED) is 0.547. The number of hydrogen-bond donors (Lipinski definition) is 1. The van der Waals surface area contributed by atoms with Crippen molar-refractivity contribution in [2.45, 2.75) is 20.4 Å². The fraction of sp³-hybridized carbons (Fsp3) is 0.158. The van der Waals surface area contributed by atoms with Crippen LogP contribution in [0.1, 0.15) is 26.6 Å². The molecule has 4 aromatic rings. The summed E-state index contributed by atoms with van der Waals surface area (Å²) in [5.74, 6) is -0.0919. The van der Waals surface area contributed by atoms with Crippen molar-refractivity contribution in [2.24, 2.45) is 0 Å². The zero-order valence-corrected chi connectivity index (χ0v) is 15.6. The molecule has 0 spiro atoms. The van der Waals surface area contributed by atoms with E-state index in [2.05, 4.69) is 37.8 Å². The molecule has 0 saturated heterocycles. The Hall–Kier alpha value is -2.44. The molecule has 25 heavy (non-hydrogen) atoms. The number of rotatable bonds is 4. The van der Waals surface area contributed by atoms with Gasteiger partial charge in [-0.1, -0.05) is 30.3 Å². The first-order valence-electron chi connectivity index (χ1n) is 7.98. The number of fused-ring (bicyclic) bond motifs is 1. The van der Waals surface area contributed by atoms with E-state index in [0.29, 0.717) is 12.2 Å². The van der Waals surface area contributed by atoms with Crippen LogP contribution < -0.4 is 5.32 Å². The average molecular weight is 367 g/mol. The molecule has 1 amide bonds. The van der Waals surface area contributed by atoms with Crippen molar-refractivity contribution in [1.82, 2.24) is 8.94 Å². The highest BCUT2D eigenvalue weighted by Crippen LogP contribution is 2.28. The highest BCUT2D eigenvalue weighted by atomic mass is 32.1. The third-order valence-electron chi connectivity index (χ3n) is 4.21. The van der Waals surface area contributed by atoms with Gasteiger partial charge in [0.15, 0.2) is 0 Å². The predicted octanol–water partition coefficient (Wildman–Crippen LogP) is 5.08. The second-order valence-electron chi connectivity index (χ2n) is 5.92. The van der Waals surface area contributed by atoms with Crippen molar-refractivity contribution in [1.29, 1.82) is 0 Å². The summed E-state index contributed by atoms with van der Waals surface area (Å²) in [5, 5.41) is 5.10. The summed E-state index contributed by atoms with van der Waals surface area (Å²) >= 11 is 3.07. The third kappa shape index (κ3) is 2.99. The molecule has 0 radical (unpaired) electrons. The molecular weight excluding hydrogens is 350 g/mol. The zero-order valence-electron chi connectivity index (χ0n) is 13.9. The molecule has 0 saturated carbocycles. The summed E-state index contributed by atoms with van der Waals surface area (Å²) in [6.07, 6.45) is 0. The highest BCUT2D eigenvalue weighted by Gasteiger charge is 2.19. The molecule has 1 aromatic carbocycles. The molecule has 0 aliphatic heterocycles. The SMILES string of the molecule is Cc1nsc(C)c1NC(=O)c1cc2sccc2n1Cc1ccccc1. The van der Waals surface area contributed by atoms with E-state index in [0.717, 1.165) is 26.5 Å². The van der Waals surface area contributed by atoms with Gasteiger partial charge in [-0.3, -0.25) is 4.79 Å². The number of aryl methyl sites for hydroxylation is 2. The van der Waals surface area contributed by atoms with Crippen LogP contribution in [0.4, 0.5) is 5.69 Å². The van der Waals surface area contributed by atoms with Gasteiger partial charge in [0.1, 0.15) is 5.69 Å². The fourth-order valence-corrected chi connectivity index (χ4v) is 4.42. The molecule has 4 nitrogen and oxygen atoms in total. The van der Waals surface area contributed by atoms with Crippen molar-refractivity contribution < 1.29 is 4.79 Å². The second kappa shape index (κ2) is 6.46. The third-order valence-corrected chi connectivity index (χ3v) is 5.91. The lowest BCUT2D eigenvalue weighted by molar-refractivity contribution is 0.101. The topological polar surface area (TPSA) is 46.9 Å². The maximum absolute atomic E-state index is 12.9. The minimum absolute atomic E-state index is 0.0919. The number of amides is 1. The minimum atomic E-state index is -0.0919. The van der Waals surface area contributed by atoms with Gasteiger partial charge in [-0.15, -0.1) is 11.3 Å². The lowest BCUT2D eigenvalue weighted by Crippen LogP contribution is -2.18. The van der Waals surface area contributed by atoms with Crippen LogP contribution in [0.3, 0.4) is 0 Å². The van der Waals surface area contributed by atoms with E-state index in [9.17, 15) is 4.79 Å². The first-order chi connectivity index (χ1) is 12.1. The number of aromatic nitrogens is 2. The standard InChI is InChI=1S/C19H17N3OS2/c1-12-18(13(2)25-21-12)20-19(23)16-10-17-15(8-9-24-17)22(16)11-14-6-4-3-5-7-14/h3-10H,11H2,1-2H3,(H,20,23). The van der Waals surface area contributed by atoms with Gasteiger partial charge in [0.25, 0.3) is 5.91 Å². The molecular formula is C19H17N3OS2. The van der Waals surface area contributed by atoms with Crippen LogP contribution in [0, 0.1) is 13.8 Å². The van der Waals surface area contributed by atoms with Crippen molar-refractivity contribution in [3.05, 3.63) is 69.7 Å². The largest absolute Gasteiger partial charge is 0.331 e. The van der Waals surface area contributed by atoms with Crippen LogP contribution in [0.25, 0.3) is 10.2 Å². The summed E-state index contributed by atoms with van der Waals surface area (Å²) in [6.45, 7) is 4.56. The molecule has 0 aliphatic rings. The number of nitrogens with one attached hydrogen (secondary N) is 1. The fourth-order valence-electron chi connectivity index (χ4n) is 2.94. The van der Waals surface area contributed by atoms with Crippen molar-refractivity contribution in [2.75, 3.05) is 5.32 Å². The molecule has 6 heteroatoms. The first-order valence-corrected chi connectivity index (χ1v) is 9.63. The Morgan fingerprint density at radius 2 is 2.00 bits per heavy atom. The molecule has 0 bridgehead atoms. The van der Waals surface area contributed by atoms with E-state index in [1.165, 1.54) is 17.1 Å². The molecule has 0 aliphatic carbocycles. The molecule has 1 N–H and O–H groups in total. The van der Waals surface area contributed by atoms with Crippen LogP contribution in [0.2, 0.25) is 0 Å². The van der Waals surface area contributed by atoms with Crippen LogP contribution in [-0.2, 0) is 6.54 Å². The summed E-state index contributed by atoms with van der Waals surface area (Å²) in [4.78, 5) is 14.0. The lowest BCUT2D eigenvalue weighted by Gasteiger charge is -2.11. The Morgan fingerprint density at radius 1 is 1.20 bits per heavy atom. The van der Waals surface area contributed by atoms with Crippen LogP contribution in [-0.4, -0.2) is 14.8 Å². The van der Waals surface area contributed by atoms with Crippen LogP contribution in [0.5, 0.6) is 0 Å². The molecule has 0 unspecified atom stereocenters. The smallest absolute Gasteiger partial charge is 0.272 e. The van der Waals surface area contributed by atoms with Gasteiger partial charge >= 0.3 is 0 Å². The van der Waals surface area contributed by atoms with Crippen molar-refractivity contribution in [3.8, 4) is 0 Å². The van der Waals surface area contributed by atoms with Crippen molar-refractivity contribution >= 4 is 44.7 Å². The maximum atomic E-state index is 12.9. The second-order valence-corrected chi connectivity index (χ2v) is 7.85. The Balaban J connectivity index is 1.72. The Labute approximate surface area is 153 Å². The Kier molecular flexibility index (Phi) is 4.15. The van der Waals surface area contributed by atoms with Crippen LogP contribution >= 0.6 is 22.9 Å². The van der Waals surface area contributed by atoms with Gasteiger partial charge in [0, 0.05) is 11.4 Å². The number of hydrogen-bond acceptors (Lipinski definition) is 4. The molecule has 3 aromatic heterocycles. The summed E-state index contributed by atoms with van der Waals surface area (Å²) in [5.41, 5.74) is 4.63. The lowest BCUT2D eigenvalue weighted by atomic mass is 10.2. The highest BCUT2D eigenvalue weighted by molar-refractivity contribution is 7.17. The number of carbonyl (C=O) groups is 1. The molecule has 0 atom stereocenters. The monoisotopic (exact) mass is 367 g/mol. The zero-order chi connectivity index (χ0) is 17.4. The number of nitrogens with zero attached hydrogens (tertiary/aromatic N) is 2. The van der Waals surface area contributed by atoms with E-state index in [4.69, 9.17) is 0 Å². The Morgan fingerprint density at radius 3 is 2.72 bits per heavy atom. The van der Waals surface area contributed by atoms with Gasteiger partial charge in [0.05, 0.1) is 21.6 Å². The minimum Gasteiger partial charge on any atom is -0.331 e. The Bertz CT molecular complexity index is 1020.